The molecule has 0 saturated heterocycles. The third-order valence-electron chi connectivity index (χ3n) is 3.96. The molecule has 2 aromatic carbocycles. The Labute approximate surface area is 167 Å². The van der Waals surface area contributed by atoms with Gasteiger partial charge in [0.15, 0.2) is 0 Å². The number of rotatable bonds is 9. The number of imidazole rings is 1. The summed E-state index contributed by atoms with van der Waals surface area (Å²) in [5, 5.41) is 4.20. The molecular weight excluding hydrogens is 414 g/mol. The van der Waals surface area contributed by atoms with Crippen molar-refractivity contribution in [2.45, 2.75) is 26.1 Å². The van der Waals surface area contributed by atoms with Crippen LogP contribution in [0.1, 0.15) is 17.5 Å². The van der Waals surface area contributed by atoms with Crippen molar-refractivity contribution >= 4 is 27.5 Å². The van der Waals surface area contributed by atoms with E-state index in [9.17, 15) is 0 Å². The van der Waals surface area contributed by atoms with Gasteiger partial charge >= 0.3 is 0 Å². The molecule has 136 valence electrons. The summed E-state index contributed by atoms with van der Waals surface area (Å²) in [5.74, 6) is 0.837. The summed E-state index contributed by atoms with van der Waals surface area (Å²) in [7, 11) is 0. The molecule has 0 amide bonds. The number of nitrogens with zero attached hydrogens (tertiary/aromatic N) is 2. The highest BCUT2D eigenvalue weighted by Crippen LogP contribution is 2.27. The molecule has 0 unspecified atom stereocenters. The Hall–Kier alpha value is -1.82. The van der Waals surface area contributed by atoms with Gasteiger partial charge < -0.3 is 14.6 Å². The zero-order chi connectivity index (χ0) is 18.2. The molecule has 26 heavy (non-hydrogen) atoms. The van der Waals surface area contributed by atoms with Crippen molar-refractivity contribution in [3.63, 3.8) is 0 Å². The average Bonchev–Trinajstić information content (AvgIpc) is 3.15. The molecule has 0 aliphatic rings. The van der Waals surface area contributed by atoms with Crippen molar-refractivity contribution in [1.29, 1.82) is 0 Å². The van der Waals surface area contributed by atoms with E-state index in [0.717, 1.165) is 46.9 Å². The number of hydrogen-bond acceptors (Lipinski definition) is 3. The first kappa shape index (κ1) is 19.0. The van der Waals surface area contributed by atoms with Gasteiger partial charge in [-0.1, -0.05) is 29.8 Å². The molecule has 6 heteroatoms. The van der Waals surface area contributed by atoms with Crippen LogP contribution in [0, 0.1) is 0 Å². The quantitative estimate of drug-likeness (QED) is 0.479. The predicted octanol–water partition coefficient (Wildman–Crippen LogP) is 5.06. The summed E-state index contributed by atoms with van der Waals surface area (Å²) in [6.45, 7) is 3.29. The van der Waals surface area contributed by atoms with E-state index in [1.54, 1.807) is 0 Å². The second-order valence-electron chi connectivity index (χ2n) is 6.01. The van der Waals surface area contributed by atoms with Crippen molar-refractivity contribution in [2.75, 3.05) is 6.54 Å². The van der Waals surface area contributed by atoms with Gasteiger partial charge in [0.25, 0.3) is 0 Å². The number of ether oxygens (including phenoxy) is 1. The number of hydrogen-bond donors (Lipinski definition) is 1. The van der Waals surface area contributed by atoms with E-state index in [2.05, 4.69) is 42.9 Å². The number of halogens is 2. The first-order valence-electron chi connectivity index (χ1n) is 8.53. The SMILES string of the molecule is Clc1ccc(COc2ccc(CNCCCn3ccnc3)cc2Br)cc1. The molecule has 0 saturated carbocycles. The van der Waals surface area contributed by atoms with Crippen LogP contribution in [0.5, 0.6) is 5.75 Å². The van der Waals surface area contributed by atoms with Crippen LogP contribution in [-0.4, -0.2) is 16.1 Å². The molecular formula is C20H21BrClN3O. The Kier molecular flexibility index (Phi) is 7.12. The molecule has 1 heterocycles. The van der Waals surface area contributed by atoms with Crippen molar-refractivity contribution in [3.8, 4) is 5.75 Å². The third-order valence-corrected chi connectivity index (χ3v) is 4.83. The number of aryl methyl sites for hydroxylation is 1. The molecule has 0 spiro atoms. The van der Waals surface area contributed by atoms with Gasteiger partial charge in [0, 0.05) is 30.5 Å². The maximum absolute atomic E-state index is 5.90. The first-order valence-corrected chi connectivity index (χ1v) is 9.70. The van der Waals surface area contributed by atoms with Gasteiger partial charge in [0.05, 0.1) is 10.8 Å². The molecule has 3 rings (SSSR count). The van der Waals surface area contributed by atoms with Gasteiger partial charge in [-0.2, -0.15) is 0 Å². The van der Waals surface area contributed by atoms with Gasteiger partial charge in [0.2, 0.25) is 0 Å². The molecule has 0 aliphatic heterocycles. The van der Waals surface area contributed by atoms with Crippen LogP contribution in [-0.2, 0) is 19.7 Å². The van der Waals surface area contributed by atoms with E-state index in [4.69, 9.17) is 16.3 Å². The summed E-state index contributed by atoms with van der Waals surface area (Å²) >= 11 is 9.50. The fourth-order valence-electron chi connectivity index (χ4n) is 2.55. The van der Waals surface area contributed by atoms with Crippen molar-refractivity contribution in [2.24, 2.45) is 0 Å². The molecule has 4 nitrogen and oxygen atoms in total. The van der Waals surface area contributed by atoms with Crippen molar-refractivity contribution in [3.05, 3.63) is 81.8 Å². The lowest BCUT2D eigenvalue weighted by Crippen LogP contribution is -2.16. The minimum atomic E-state index is 0.515. The van der Waals surface area contributed by atoms with Crippen LogP contribution in [0.15, 0.2) is 65.7 Å². The van der Waals surface area contributed by atoms with Crippen LogP contribution in [0.3, 0.4) is 0 Å². The smallest absolute Gasteiger partial charge is 0.134 e. The van der Waals surface area contributed by atoms with Crippen LogP contribution >= 0.6 is 27.5 Å². The van der Waals surface area contributed by atoms with Gasteiger partial charge in [-0.25, -0.2) is 4.98 Å². The van der Waals surface area contributed by atoms with E-state index in [-0.39, 0.29) is 0 Å². The molecule has 1 N–H and O–H groups in total. The van der Waals surface area contributed by atoms with E-state index in [1.807, 2.05) is 49.1 Å². The van der Waals surface area contributed by atoms with Gasteiger partial charge in [-0.3, -0.25) is 0 Å². The topological polar surface area (TPSA) is 39.1 Å². The number of benzene rings is 2. The van der Waals surface area contributed by atoms with Crippen LogP contribution in [0.4, 0.5) is 0 Å². The summed E-state index contributed by atoms with van der Waals surface area (Å²) in [6.07, 6.45) is 6.71. The minimum absolute atomic E-state index is 0.515. The fourth-order valence-corrected chi connectivity index (χ4v) is 3.22. The summed E-state index contributed by atoms with van der Waals surface area (Å²) in [6, 6.07) is 13.9. The number of aromatic nitrogens is 2. The van der Waals surface area contributed by atoms with Gasteiger partial charge in [-0.15, -0.1) is 0 Å². The lowest BCUT2D eigenvalue weighted by Gasteiger charge is -2.11. The highest BCUT2D eigenvalue weighted by molar-refractivity contribution is 9.10. The largest absolute Gasteiger partial charge is 0.488 e. The summed E-state index contributed by atoms with van der Waals surface area (Å²) < 4.78 is 8.93. The molecule has 1 aromatic heterocycles. The Morgan fingerprint density at radius 3 is 2.65 bits per heavy atom. The molecule has 0 radical (unpaired) electrons. The fraction of sp³-hybridized carbons (Fsp3) is 0.250. The third kappa shape index (κ3) is 5.87. The van der Waals surface area contributed by atoms with E-state index >= 15 is 0 Å². The lowest BCUT2D eigenvalue weighted by molar-refractivity contribution is 0.304. The molecule has 3 aromatic rings. The normalized spacial score (nSPS) is 10.8. The zero-order valence-corrected chi connectivity index (χ0v) is 16.7. The summed E-state index contributed by atoms with van der Waals surface area (Å²) in [4.78, 5) is 4.04. The minimum Gasteiger partial charge on any atom is -0.488 e. The Morgan fingerprint density at radius 2 is 1.92 bits per heavy atom. The molecule has 0 bridgehead atoms. The first-order chi connectivity index (χ1) is 12.7. The maximum Gasteiger partial charge on any atom is 0.134 e. The van der Waals surface area contributed by atoms with Gasteiger partial charge in [0.1, 0.15) is 12.4 Å². The summed E-state index contributed by atoms with van der Waals surface area (Å²) in [5.41, 5.74) is 2.31. The number of nitrogens with one attached hydrogen (secondary N) is 1. The Morgan fingerprint density at radius 1 is 1.12 bits per heavy atom. The second kappa shape index (κ2) is 9.76. The maximum atomic E-state index is 5.90. The highest BCUT2D eigenvalue weighted by Gasteiger charge is 2.04. The Bertz CT molecular complexity index is 806. The molecule has 0 aliphatic carbocycles. The molecule has 0 atom stereocenters. The van der Waals surface area contributed by atoms with Crippen LogP contribution < -0.4 is 10.1 Å². The van der Waals surface area contributed by atoms with E-state index in [0.29, 0.717) is 6.61 Å². The van der Waals surface area contributed by atoms with Crippen LogP contribution in [0.25, 0.3) is 0 Å². The van der Waals surface area contributed by atoms with E-state index in [1.165, 1.54) is 5.56 Å². The predicted molar refractivity (Wildman–Crippen MR) is 108 cm³/mol. The van der Waals surface area contributed by atoms with Crippen molar-refractivity contribution < 1.29 is 4.74 Å². The highest BCUT2D eigenvalue weighted by atomic mass is 79.9. The van der Waals surface area contributed by atoms with Crippen molar-refractivity contribution in [1.82, 2.24) is 14.9 Å². The van der Waals surface area contributed by atoms with Gasteiger partial charge in [-0.05, 0) is 64.3 Å². The second-order valence-corrected chi connectivity index (χ2v) is 7.30. The monoisotopic (exact) mass is 433 g/mol. The molecule has 0 fully saturated rings. The zero-order valence-electron chi connectivity index (χ0n) is 14.4. The average molecular weight is 435 g/mol. The standard InChI is InChI=1S/C20H21BrClN3O/c21-19-12-17(13-23-8-1-10-25-11-9-24-15-25)4-7-20(19)26-14-16-2-5-18(22)6-3-16/h2-7,9,11-12,15,23H,1,8,10,13-14H2. The van der Waals surface area contributed by atoms with Crippen LogP contribution in [0.2, 0.25) is 5.02 Å². The Balaban J connectivity index is 1.42. The lowest BCUT2D eigenvalue weighted by atomic mass is 10.2. The van der Waals surface area contributed by atoms with E-state index < -0.39 is 0 Å².